The van der Waals surface area contributed by atoms with E-state index in [-0.39, 0.29) is 18.2 Å². The average molecular weight is 399 g/mol. The highest BCUT2D eigenvalue weighted by Crippen LogP contribution is 2.27. The van der Waals surface area contributed by atoms with E-state index in [2.05, 4.69) is 40.9 Å². The molecule has 30 heavy (non-hydrogen) atoms. The Morgan fingerprint density at radius 3 is 2.70 bits per heavy atom. The number of hydrogen-bond donors (Lipinski definition) is 0. The largest absolute Gasteiger partial charge is 0.485 e. The van der Waals surface area contributed by atoms with E-state index in [4.69, 9.17) is 4.74 Å². The fourth-order valence-electron chi connectivity index (χ4n) is 3.50. The Balaban J connectivity index is 1.46. The highest BCUT2D eigenvalue weighted by Gasteiger charge is 2.17. The van der Waals surface area contributed by atoms with Gasteiger partial charge in [-0.2, -0.15) is 0 Å². The van der Waals surface area contributed by atoms with Gasteiger partial charge in [-0.15, -0.1) is 0 Å². The first-order chi connectivity index (χ1) is 14.6. The summed E-state index contributed by atoms with van der Waals surface area (Å²) in [5, 5.41) is 0. The Hall–Kier alpha value is -3.39. The van der Waals surface area contributed by atoms with Gasteiger partial charge in [0.25, 0.3) is 5.56 Å². The van der Waals surface area contributed by atoms with Crippen LogP contribution in [-0.2, 0) is 13.0 Å². The fraction of sp³-hybridized carbons (Fsp3) is 0.320. The average Bonchev–Trinajstić information content (AvgIpc) is 3.56. The maximum Gasteiger partial charge on any atom is 0.254 e. The normalized spacial score (nSPS) is 13.9. The summed E-state index contributed by atoms with van der Waals surface area (Å²) in [6.45, 7) is 4.23. The second-order valence-corrected chi connectivity index (χ2v) is 7.79. The van der Waals surface area contributed by atoms with Gasteiger partial charge in [-0.25, -0.2) is 9.97 Å². The van der Waals surface area contributed by atoms with Crippen molar-refractivity contribution in [3.05, 3.63) is 87.9 Å². The molecule has 0 saturated heterocycles. The Morgan fingerprint density at radius 1 is 1.17 bits per heavy atom. The minimum Gasteiger partial charge on any atom is -0.485 e. The lowest BCUT2D eigenvalue weighted by Crippen LogP contribution is -2.26. The summed E-state index contributed by atoms with van der Waals surface area (Å²) >= 11 is 0. The van der Waals surface area contributed by atoms with Gasteiger partial charge in [0.05, 0.1) is 0 Å². The summed E-state index contributed by atoms with van der Waals surface area (Å²) in [7, 11) is 0. The highest BCUT2D eigenvalue weighted by molar-refractivity contribution is 5.38. The van der Waals surface area contributed by atoms with E-state index in [0.717, 1.165) is 17.7 Å². The van der Waals surface area contributed by atoms with Gasteiger partial charge in [-0.05, 0) is 62.9 Å². The number of aryl methyl sites for hydroxylation is 1. The van der Waals surface area contributed by atoms with E-state index >= 15 is 0 Å². The molecule has 0 amide bonds. The molecule has 1 atom stereocenters. The van der Waals surface area contributed by atoms with Crippen molar-refractivity contribution in [1.82, 2.24) is 14.5 Å². The van der Waals surface area contributed by atoms with Gasteiger partial charge in [-0.3, -0.25) is 4.79 Å². The zero-order chi connectivity index (χ0) is 20.9. The summed E-state index contributed by atoms with van der Waals surface area (Å²) in [5.41, 5.74) is 3.01. The molecule has 1 aliphatic carbocycles. The molecule has 1 aromatic carbocycles. The Kier molecular flexibility index (Phi) is 5.94. The number of ether oxygens (including phenoxy) is 1. The van der Waals surface area contributed by atoms with Crippen molar-refractivity contribution in [3.63, 3.8) is 0 Å². The minimum absolute atomic E-state index is 0.0237. The molecule has 0 radical (unpaired) electrons. The Labute approximate surface area is 176 Å². The molecule has 3 aromatic rings. The smallest absolute Gasteiger partial charge is 0.254 e. The molecular weight excluding hydrogens is 374 g/mol. The zero-order valence-corrected chi connectivity index (χ0v) is 17.3. The van der Waals surface area contributed by atoms with Crippen LogP contribution in [0.25, 0.3) is 0 Å². The van der Waals surface area contributed by atoms with Crippen molar-refractivity contribution in [2.45, 2.75) is 45.8 Å². The summed E-state index contributed by atoms with van der Waals surface area (Å²) in [4.78, 5) is 21.1. The zero-order valence-electron chi connectivity index (χ0n) is 17.3. The molecule has 5 nitrogen and oxygen atoms in total. The predicted octanol–water partition coefficient (Wildman–Crippen LogP) is 4.09. The van der Waals surface area contributed by atoms with Crippen LogP contribution in [-0.4, -0.2) is 14.5 Å². The first kappa shape index (κ1) is 19.9. The van der Waals surface area contributed by atoms with Crippen molar-refractivity contribution in [2.24, 2.45) is 5.92 Å². The van der Waals surface area contributed by atoms with E-state index in [0.29, 0.717) is 17.5 Å². The SMILES string of the molecule is Cc1cc(OCc2ncccn2)cc(=O)n1[C@H](C)Cc1cccc(C#CC2CC2)c1. The first-order valence-electron chi connectivity index (χ1n) is 10.3. The molecule has 1 aliphatic rings. The topological polar surface area (TPSA) is 57.0 Å². The standard InChI is InChI=1S/C25H25N3O2/c1-18(13-22-6-3-5-21(15-22)10-9-20-7-8-20)28-19(2)14-23(16-25(28)29)30-17-24-26-11-4-12-27-24/h3-6,11-12,14-16,18,20H,7-8,13,17H2,1-2H3/t18-/m1/s1. The van der Waals surface area contributed by atoms with Gasteiger partial charge in [0.1, 0.15) is 12.4 Å². The van der Waals surface area contributed by atoms with E-state index in [1.807, 2.05) is 29.7 Å². The van der Waals surface area contributed by atoms with Crippen LogP contribution < -0.4 is 10.3 Å². The van der Waals surface area contributed by atoms with Crippen LogP contribution in [0, 0.1) is 24.7 Å². The van der Waals surface area contributed by atoms with E-state index < -0.39 is 0 Å². The van der Waals surface area contributed by atoms with Gasteiger partial charge in [0.2, 0.25) is 0 Å². The summed E-state index contributed by atoms with van der Waals surface area (Å²) in [6, 6.07) is 13.5. The van der Waals surface area contributed by atoms with Crippen LogP contribution in [0.1, 0.15) is 48.5 Å². The molecule has 1 fully saturated rings. The minimum atomic E-state index is -0.0730. The van der Waals surface area contributed by atoms with Crippen molar-refractivity contribution in [1.29, 1.82) is 0 Å². The van der Waals surface area contributed by atoms with Gasteiger partial charge in [0.15, 0.2) is 5.82 Å². The van der Waals surface area contributed by atoms with Crippen LogP contribution in [0.15, 0.2) is 59.7 Å². The lowest BCUT2D eigenvalue weighted by Gasteiger charge is -2.19. The van der Waals surface area contributed by atoms with Crippen LogP contribution in [0.5, 0.6) is 5.75 Å². The summed E-state index contributed by atoms with van der Waals surface area (Å²) in [5.74, 6) is 8.28. The van der Waals surface area contributed by atoms with E-state index in [1.165, 1.54) is 24.5 Å². The molecule has 4 rings (SSSR count). The molecule has 0 bridgehead atoms. The quantitative estimate of drug-likeness (QED) is 0.586. The number of aromatic nitrogens is 3. The van der Waals surface area contributed by atoms with E-state index in [1.54, 1.807) is 18.5 Å². The van der Waals surface area contributed by atoms with E-state index in [9.17, 15) is 4.79 Å². The predicted molar refractivity (Wildman–Crippen MR) is 116 cm³/mol. The molecule has 0 unspecified atom stereocenters. The van der Waals surface area contributed by atoms with Crippen LogP contribution >= 0.6 is 0 Å². The molecule has 2 aromatic heterocycles. The third-order valence-electron chi connectivity index (χ3n) is 5.12. The maximum atomic E-state index is 12.8. The Morgan fingerprint density at radius 2 is 1.97 bits per heavy atom. The molecule has 0 N–H and O–H groups in total. The third-order valence-corrected chi connectivity index (χ3v) is 5.12. The summed E-state index contributed by atoms with van der Waals surface area (Å²) in [6.07, 6.45) is 6.55. The number of pyridine rings is 1. The molecule has 152 valence electrons. The van der Waals surface area contributed by atoms with Crippen molar-refractivity contribution in [2.75, 3.05) is 0 Å². The first-order valence-corrected chi connectivity index (χ1v) is 10.3. The molecule has 0 aliphatic heterocycles. The van der Waals surface area contributed by atoms with Crippen LogP contribution in [0.2, 0.25) is 0 Å². The molecule has 1 saturated carbocycles. The second kappa shape index (κ2) is 8.96. The highest BCUT2D eigenvalue weighted by atomic mass is 16.5. The lowest BCUT2D eigenvalue weighted by atomic mass is 10.0. The molecule has 0 spiro atoms. The van der Waals surface area contributed by atoms with Crippen LogP contribution in [0.3, 0.4) is 0 Å². The monoisotopic (exact) mass is 399 g/mol. The molecular formula is C25H25N3O2. The number of rotatable bonds is 6. The third kappa shape index (κ3) is 5.15. The Bertz CT molecular complexity index is 1140. The van der Waals surface area contributed by atoms with Crippen LogP contribution in [0.4, 0.5) is 0 Å². The number of nitrogens with zero attached hydrogens (tertiary/aromatic N) is 3. The van der Waals surface area contributed by atoms with Crippen molar-refractivity contribution in [3.8, 4) is 17.6 Å². The number of hydrogen-bond acceptors (Lipinski definition) is 4. The lowest BCUT2D eigenvalue weighted by molar-refractivity contribution is 0.293. The van der Waals surface area contributed by atoms with Crippen molar-refractivity contribution >= 4 is 0 Å². The molecule has 2 heterocycles. The fourth-order valence-corrected chi connectivity index (χ4v) is 3.50. The van der Waals surface area contributed by atoms with Gasteiger partial charge in [0, 0.05) is 41.7 Å². The second-order valence-electron chi connectivity index (χ2n) is 7.79. The van der Waals surface area contributed by atoms with Gasteiger partial charge >= 0.3 is 0 Å². The maximum absolute atomic E-state index is 12.8. The molecule has 5 heteroatoms. The van der Waals surface area contributed by atoms with Gasteiger partial charge < -0.3 is 9.30 Å². The van der Waals surface area contributed by atoms with Gasteiger partial charge in [-0.1, -0.05) is 24.0 Å². The van der Waals surface area contributed by atoms with Crippen molar-refractivity contribution < 1.29 is 4.74 Å². The summed E-state index contributed by atoms with van der Waals surface area (Å²) < 4.78 is 7.53. The number of benzene rings is 1.